The van der Waals surface area contributed by atoms with Gasteiger partial charge in [-0.1, -0.05) is 23.2 Å². The van der Waals surface area contributed by atoms with E-state index in [2.05, 4.69) is 0 Å². The SMILES string of the molecule is CS(=O)(=O)N(CC(=O)Nc1ccc(Cl)cc1C(F)(F)F)c1ccc(Cl)c(C(F)(F)F)c1. The number of carbonyl (C=O) groups excluding carboxylic acids is 1. The van der Waals surface area contributed by atoms with Gasteiger partial charge >= 0.3 is 12.4 Å². The van der Waals surface area contributed by atoms with Gasteiger partial charge in [-0.2, -0.15) is 26.3 Å². The second-order valence-electron chi connectivity index (χ2n) is 6.17. The van der Waals surface area contributed by atoms with Crippen molar-refractivity contribution >= 4 is 50.5 Å². The Hall–Kier alpha value is -2.18. The summed E-state index contributed by atoms with van der Waals surface area (Å²) in [4.78, 5) is 12.3. The predicted molar refractivity (Wildman–Crippen MR) is 104 cm³/mol. The maximum Gasteiger partial charge on any atom is 0.418 e. The molecule has 31 heavy (non-hydrogen) atoms. The highest BCUT2D eigenvalue weighted by molar-refractivity contribution is 7.92. The van der Waals surface area contributed by atoms with Crippen molar-refractivity contribution in [3.63, 3.8) is 0 Å². The topological polar surface area (TPSA) is 66.5 Å². The highest BCUT2D eigenvalue weighted by Gasteiger charge is 2.36. The first kappa shape index (κ1) is 25.1. The average Bonchev–Trinajstić information content (AvgIpc) is 2.59. The highest BCUT2D eigenvalue weighted by atomic mass is 35.5. The quantitative estimate of drug-likeness (QED) is 0.547. The summed E-state index contributed by atoms with van der Waals surface area (Å²) in [7, 11) is -4.31. The molecule has 2 aromatic rings. The minimum absolute atomic E-state index is 0.260. The summed E-state index contributed by atoms with van der Waals surface area (Å²) in [6, 6.07) is 4.61. The normalized spacial score (nSPS) is 12.5. The van der Waals surface area contributed by atoms with E-state index in [9.17, 15) is 39.6 Å². The summed E-state index contributed by atoms with van der Waals surface area (Å²) >= 11 is 11.0. The summed E-state index contributed by atoms with van der Waals surface area (Å²) in [5, 5.41) is 0.937. The molecule has 0 bridgehead atoms. The fourth-order valence-electron chi connectivity index (χ4n) is 2.47. The number of benzene rings is 2. The van der Waals surface area contributed by atoms with Crippen molar-refractivity contribution in [2.45, 2.75) is 12.4 Å². The Labute approximate surface area is 182 Å². The number of rotatable bonds is 5. The fraction of sp³-hybridized carbons (Fsp3) is 0.235. The number of halogens is 8. The average molecular weight is 509 g/mol. The van der Waals surface area contributed by atoms with Crippen LogP contribution in [0.4, 0.5) is 37.7 Å². The predicted octanol–water partition coefficient (Wildman–Crippen LogP) is 5.44. The lowest BCUT2D eigenvalue weighted by molar-refractivity contribution is -0.138. The lowest BCUT2D eigenvalue weighted by Gasteiger charge is -2.23. The minimum Gasteiger partial charge on any atom is -0.324 e. The van der Waals surface area contributed by atoms with Crippen LogP contribution in [0.2, 0.25) is 10.0 Å². The number of hydrogen-bond donors (Lipinski definition) is 1. The third-order valence-corrected chi connectivity index (χ3v) is 5.50. The Kier molecular flexibility index (Phi) is 7.08. The number of anilines is 2. The van der Waals surface area contributed by atoms with E-state index in [0.29, 0.717) is 22.7 Å². The summed E-state index contributed by atoms with van der Waals surface area (Å²) in [6.45, 7) is -1.10. The van der Waals surface area contributed by atoms with Crippen molar-refractivity contribution in [3.05, 3.63) is 57.6 Å². The zero-order chi connectivity index (χ0) is 23.8. The van der Waals surface area contributed by atoms with Gasteiger partial charge in [-0.3, -0.25) is 9.10 Å². The molecule has 0 aromatic heterocycles. The smallest absolute Gasteiger partial charge is 0.324 e. The van der Waals surface area contributed by atoms with E-state index >= 15 is 0 Å². The molecule has 5 nitrogen and oxygen atoms in total. The molecule has 0 aliphatic heterocycles. The van der Waals surface area contributed by atoms with Crippen LogP contribution in [0.25, 0.3) is 0 Å². The van der Waals surface area contributed by atoms with E-state index in [1.165, 1.54) is 0 Å². The first-order valence-corrected chi connectivity index (χ1v) is 10.6. The first-order chi connectivity index (χ1) is 14.0. The van der Waals surface area contributed by atoms with Gasteiger partial charge in [0, 0.05) is 5.02 Å². The minimum atomic E-state index is -4.91. The van der Waals surface area contributed by atoms with Crippen LogP contribution in [0.1, 0.15) is 11.1 Å². The largest absolute Gasteiger partial charge is 0.418 e. The summed E-state index contributed by atoms with van der Waals surface area (Å²) in [5.41, 5.74) is -3.90. The molecule has 0 radical (unpaired) electrons. The second-order valence-corrected chi connectivity index (χ2v) is 8.92. The number of nitrogens with zero attached hydrogens (tertiary/aromatic N) is 1. The molecule has 2 aromatic carbocycles. The van der Waals surface area contributed by atoms with Crippen LogP contribution in [-0.4, -0.2) is 27.1 Å². The van der Waals surface area contributed by atoms with Crippen LogP contribution in [0.15, 0.2) is 36.4 Å². The van der Waals surface area contributed by atoms with Gasteiger partial charge < -0.3 is 5.32 Å². The molecule has 170 valence electrons. The molecule has 0 unspecified atom stereocenters. The Morgan fingerprint density at radius 3 is 2.06 bits per heavy atom. The van der Waals surface area contributed by atoms with Gasteiger partial charge in [-0.05, 0) is 36.4 Å². The number of nitrogens with one attached hydrogen (secondary N) is 1. The zero-order valence-corrected chi connectivity index (χ0v) is 17.6. The van der Waals surface area contributed by atoms with Crippen LogP contribution < -0.4 is 9.62 Å². The zero-order valence-electron chi connectivity index (χ0n) is 15.3. The second kappa shape index (κ2) is 8.75. The summed E-state index contributed by atoms with van der Waals surface area (Å²) in [6.07, 6.45) is -9.18. The maximum atomic E-state index is 13.2. The molecule has 14 heteroatoms. The molecule has 2 rings (SSSR count). The molecule has 0 spiro atoms. The number of amides is 1. The van der Waals surface area contributed by atoms with Crippen molar-refractivity contribution in [3.8, 4) is 0 Å². The number of hydrogen-bond acceptors (Lipinski definition) is 3. The molecule has 0 aliphatic rings. The van der Waals surface area contributed by atoms with E-state index in [1.807, 2.05) is 5.32 Å². The van der Waals surface area contributed by atoms with Gasteiger partial charge in [-0.25, -0.2) is 8.42 Å². The Morgan fingerprint density at radius 1 is 0.968 bits per heavy atom. The van der Waals surface area contributed by atoms with Crippen molar-refractivity contribution in [1.29, 1.82) is 0 Å². The lowest BCUT2D eigenvalue weighted by atomic mass is 10.1. The van der Waals surface area contributed by atoms with E-state index in [4.69, 9.17) is 23.2 Å². The van der Waals surface area contributed by atoms with Crippen molar-refractivity contribution in [2.75, 3.05) is 22.4 Å². The third kappa shape index (κ3) is 6.40. The number of sulfonamides is 1. The Balaban J connectivity index is 2.40. The summed E-state index contributed by atoms with van der Waals surface area (Å²) < 4.78 is 103. The Morgan fingerprint density at radius 2 is 1.55 bits per heavy atom. The van der Waals surface area contributed by atoms with E-state index < -0.39 is 62.4 Å². The van der Waals surface area contributed by atoms with Gasteiger partial charge in [0.2, 0.25) is 15.9 Å². The van der Waals surface area contributed by atoms with Gasteiger partial charge in [0.1, 0.15) is 6.54 Å². The van der Waals surface area contributed by atoms with E-state index in [1.54, 1.807) is 0 Å². The Bertz CT molecular complexity index is 1100. The standard InChI is InChI=1S/C17H12Cl2F6N2O3S/c1-31(29,30)27(10-3-4-13(19)11(7-10)16(20,21)22)8-15(28)26-14-5-2-9(18)6-12(14)17(23,24)25/h2-7H,8H2,1H3,(H,26,28). The molecule has 1 N–H and O–H groups in total. The van der Waals surface area contributed by atoms with Crippen LogP contribution >= 0.6 is 23.2 Å². The molecule has 0 saturated carbocycles. The van der Waals surface area contributed by atoms with Crippen LogP contribution in [-0.2, 0) is 27.2 Å². The maximum absolute atomic E-state index is 13.2. The van der Waals surface area contributed by atoms with Crippen molar-refractivity contribution < 1.29 is 39.6 Å². The molecular formula is C17H12Cl2F6N2O3S. The molecule has 0 aliphatic carbocycles. The van der Waals surface area contributed by atoms with E-state index in [-0.39, 0.29) is 5.02 Å². The highest BCUT2D eigenvalue weighted by Crippen LogP contribution is 2.38. The molecule has 0 heterocycles. The van der Waals surface area contributed by atoms with Crippen molar-refractivity contribution in [2.24, 2.45) is 0 Å². The first-order valence-electron chi connectivity index (χ1n) is 8.01. The molecule has 1 amide bonds. The molecule has 0 atom stereocenters. The molecular weight excluding hydrogens is 497 g/mol. The van der Waals surface area contributed by atoms with Crippen molar-refractivity contribution in [1.82, 2.24) is 0 Å². The van der Waals surface area contributed by atoms with Crippen LogP contribution in [0.5, 0.6) is 0 Å². The van der Waals surface area contributed by atoms with Gasteiger partial charge in [0.05, 0.1) is 33.8 Å². The van der Waals surface area contributed by atoms with Crippen LogP contribution in [0, 0.1) is 0 Å². The van der Waals surface area contributed by atoms with Gasteiger partial charge in [-0.15, -0.1) is 0 Å². The van der Waals surface area contributed by atoms with Gasteiger partial charge in [0.15, 0.2) is 0 Å². The van der Waals surface area contributed by atoms with E-state index in [0.717, 1.165) is 24.3 Å². The fourth-order valence-corrected chi connectivity index (χ4v) is 3.71. The van der Waals surface area contributed by atoms with Gasteiger partial charge in [0.25, 0.3) is 0 Å². The lowest BCUT2D eigenvalue weighted by Crippen LogP contribution is -2.37. The summed E-state index contributed by atoms with van der Waals surface area (Å²) in [5.74, 6) is -1.23. The number of carbonyl (C=O) groups is 1. The molecule has 0 saturated heterocycles. The third-order valence-electron chi connectivity index (χ3n) is 3.79. The monoisotopic (exact) mass is 508 g/mol. The van der Waals surface area contributed by atoms with Crippen LogP contribution in [0.3, 0.4) is 0 Å². The number of alkyl halides is 6. The molecule has 0 fully saturated rings.